The molecule has 0 aromatic carbocycles. The summed E-state index contributed by atoms with van der Waals surface area (Å²) in [5, 5.41) is 0. The lowest BCUT2D eigenvalue weighted by Crippen LogP contribution is -1.79. The molecule has 0 aromatic heterocycles. The highest BCUT2D eigenvalue weighted by molar-refractivity contribution is 5.11. The van der Waals surface area contributed by atoms with Crippen LogP contribution in [0.2, 0.25) is 0 Å². The summed E-state index contributed by atoms with van der Waals surface area (Å²) in [6.45, 7) is 2.35. The Bertz CT molecular complexity index is 103. The lowest BCUT2D eigenvalue weighted by molar-refractivity contribution is 0.698. The van der Waals surface area contributed by atoms with Crippen molar-refractivity contribution >= 4 is 0 Å². The van der Waals surface area contributed by atoms with E-state index in [9.17, 15) is 0 Å². The lowest BCUT2D eigenvalue weighted by atomic mass is 10.1. The van der Waals surface area contributed by atoms with Crippen molar-refractivity contribution in [3.8, 4) is 0 Å². The van der Waals surface area contributed by atoms with Crippen molar-refractivity contribution in [3.63, 3.8) is 0 Å². The summed E-state index contributed by atoms with van der Waals surface area (Å²) >= 11 is 0. The summed E-state index contributed by atoms with van der Waals surface area (Å²) in [5.74, 6) is 4.00. The lowest BCUT2D eigenvalue weighted by Gasteiger charge is -1.92. The Morgan fingerprint density at radius 2 is 2.11 bits per heavy atom. The zero-order valence-electron chi connectivity index (χ0n) is 6.19. The Kier molecular flexibility index (Phi) is 1.28. The standard InChI is InChI=1S/C9H15/c1-7-6-9(7)5-4-8-2-3-8/h7-8H,2-6H2,1H3. The van der Waals surface area contributed by atoms with Crippen molar-refractivity contribution in [1.29, 1.82) is 0 Å². The monoisotopic (exact) mass is 123 g/mol. The normalized spacial score (nSPS) is 35.0. The van der Waals surface area contributed by atoms with Gasteiger partial charge in [0.2, 0.25) is 0 Å². The van der Waals surface area contributed by atoms with Gasteiger partial charge in [0.1, 0.15) is 0 Å². The first-order valence-corrected chi connectivity index (χ1v) is 4.21. The van der Waals surface area contributed by atoms with Crippen LogP contribution < -0.4 is 0 Å². The van der Waals surface area contributed by atoms with Crippen LogP contribution in [0.4, 0.5) is 0 Å². The molecule has 1 unspecified atom stereocenters. The molecule has 0 spiro atoms. The molecule has 0 aromatic rings. The smallest absolute Gasteiger partial charge is 0.0210 e. The van der Waals surface area contributed by atoms with E-state index in [1.54, 1.807) is 0 Å². The average Bonchev–Trinajstić information content (AvgIpc) is 2.60. The highest BCUT2D eigenvalue weighted by Crippen LogP contribution is 2.46. The predicted octanol–water partition coefficient (Wildman–Crippen LogP) is 2.79. The molecule has 0 saturated heterocycles. The molecule has 0 aliphatic heterocycles. The molecule has 0 heterocycles. The third-order valence-electron chi connectivity index (χ3n) is 2.68. The Hall–Kier alpha value is 0. The molecule has 51 valence electrons. The van der Waals surface area contributed by atoms with Gasteiger partial charge < -0.3 is 0 Å². The van der Waals surface area contributed by atoms with E-state index in [2.05, 4.69) is 6.92 Å². The van der Waals surface area contributed by atoms with Crippen LogP contribution in [0.15, 0.2) is 0 Å². The second-order valence-electron chi connectivity index (χ2n) is 3.75. The van der Waals surface area contributed by atoms with Gasteiger partial charge in [-0.3, -0.25) is 0 Å². The maximum atomic E-state index is 2.35. The van der Waals surface area contributed by atoms with Crippen molar-refractivity contribution in [1.82, 2.24) is 0 Å². The zero-order valence-corrected chi connectivity index (χ0v) is 6.19. The van der Waals surface area contributed by atoms with Crippen molar-refractivity contribution in [2.45, 2.75) is 39.0 Å². The van der Waals surface area contributed by atoms with Crippen LogP contribution in [0.3, 0.4) is 0 Å². The fraction of sp³-hybridized carbons (Fsp3) is 0.889. The van der Waals surface area contributed by atoms with Gasteiger partial charge in [-0.25, -0.2) is 0 Å². The summed E-state index contributed by atoms with van der Waals surface area (Å²) in [6.07, 6.45) is 7.49. The van der Waals surface area contributed by atoms with E-state index in [-0.39, 0.29) is 0 Å². The maximum absolute atomic E-state index is 2.35. The van der Waals surface area contributed by atoms with Crippen molar-refractivity contribution in [2.75, 3.05) is 0 Å². The largest absolute Gasteiger partial charge is 0.0619 e. The molecule has 2 fully saturated rings. The minimum Gasteiger partial charge on any atom is -0.0619 e. The highest BCUT2D eigenvalue weighted by atomic mass is 14.4. The average molecular weight is 123 g/mol. The van der Waals surface area contributed by atoms with Gasteiger partial charge in [-0.1, -0.05) is 19.8 Å². The second kappa shape index (κ2) is 2.00. The van der Waals surface area contributed by atoms with Gasteiger partial charge in [0.05, 0.1) is 0 Å². The fourth-order valence-corrected chi connectivity index (χ4v) is 1.48. The minimum atomic E-state index is 1.00. The quantitative estimate of drug-likeness (QED) is 0.541. The van der Waals surface area contributed by atoms with Crippen molar-refractivity contribution < 1.29 is 0 Å². The van der Waals surface area contributed by atoms with Gasteiger partial charge in [0, 0.05) is 0 Å². The Balaban J connectivity index is 1.57. The van der Waals surface area contributed by atoms with Gasteiger partial charge in [-0.15, -0.1) is 0 Å². The molecule has 9 heavy (non-hydrogen) atoms. The second-order valence-corrected chi connectivity index (χ2v) is 3.75. The first-order chi connectivity index (χ1) is 4.36. The van der Waals surface area contributed by atoms with Crippen LogP contribution in [0.1, 0.15) is 39.0 Å². The Morgan fingerprint density at radius 1 is 1.44 bits per heavy atom. The fourth-order valence-electron chi connectivity index (χ4n) is 1.48. The van der Waals surface area contributed by atoms with Crippen LogP contribution in [0.5, 0.6) is 0 Å². The number of rotatable bonds is 3. The molecule has 0 nitrogen and oxygen atoms in total. The molecule has 1 atom stereocenters. The number of hydrogen-bond acceptors (Lipinski definition) is 0. The molecule has 0 N–H and O–H groups in total. The molecular formula is C9H15. The van der Waals surface area contributed by atoms with Crippen LogP contribution in [0.25, 0.3) is 0 Å². The van der Waals surface area contributed by atoms with E-state index in [1.165, 1.54) is 32.1 Å². The third-order valence-corrected chi connectivity index (χ3v) is 2.68. The van der Waals surface area contributed by atoms with E-state index in [1.807, 2.05) is 5.92 Å². The van der Waals surface area contributed by atoms with Crippen LogP contribution in [-0.2, 0) is 0 Å². The highest BCUT2D eigenvalue weighted by Gasteiger charge is 2.34. The summed E-state index contributed by atoms with van der Waals surface area (Å²) in [6, 6.07) is 0. The van der Waals surface area contributed by atoms with Gasteiger partial charge >= 0.3 is 0 Å². The van der Waals surface area contributed by atoms with Crippen LogP contribution in [-0.4, -0.2) is 0 Å². The summed E-state index contributed by atoms with van der Waals surface area (Å²) in [7, 11) is 0. The molecule has 2 saturated carbocycles. The molecule has 2 aliphatic carbocycles. The van der Waals surface area contributed by atoms with Crippen molar-refractivity contribution in [2.24, 2.45) is 11.8 Å². The van der Waals surface area contributed by atoms with E-state index in [0.29, 0.717) is 0 Å². The van der Waals surface area contributed by atoms with Gasteiger partial charge in [-0.05, 0) is 37.0 Å². The number of hydrogen-bond donors (Lipinski definition) is 0. The molecule has 0 amide bonds. The van der Waals surface area contributed by atoms with Crippen LogP contribution >= 0.6 is 0 Å². The predicted molar refractivity (Wildman–Crippen MR) is 39.0 cm³/mol. The molecular weight excluding hydrogens is 108 g/mol. The topological polar surface area (TPSA) is 0 Å². The first-order valence-electron chi connectivity index (χ1n) is 4.21. The van der Waals surface area contributed by atoms with E-state index < -0.39 is 0 Å². The molecule has 2 aliphatic rings. The Morgan fingerprint density at radius 3 is 2.56 bits per heavy atom. The molecule has 2 rings (SSSR count). The van der Waals surface area contributed by atoms with Gasteiger partial charge in [0.25, 0.3) is 0 Å². The summed E-state index contributed by atoms with van der Waals surface area (Å²) < 4.78 is 0. The van der Waals surface area contributed by atoms with E-state index in [4.69, 9.17) is 0 Å². The molecule has 1 radical (unpaired) electrons. The molecule has 0 heteroatoms. The zero-order chi connectivity index (χ0) is 6.27. The van der Waals surface area contributed by atoms with Crippen molar-refractivity contribution in [3.05, 3.63) is 5.92 Å². The summed E-state index contributed by atoms with van der Waals surface area (Å²) in [5.41, 5.74) is 0. The maximum Gasteiger partial charge on any atom is -0.0210 e. The van der Waals surface area contributed by atoms with E-state index >= 15 is 0 Å². The Labute approximate surface area is 57.6 Å². The summed E-state index contributed by atoms with van der Waals surface area (Å²) in [4.78, 5) is 0. The van der Waals surface area contributed by atoms with E-state index in [0.717, 1.165) is 11.8 Å². The SMILES string of the molecule is CC1C[C]1CCC1CC1. The van der Waals surface area contributed by atoms with Gasteiger partial charge in [0.15, 0.2) is 0 Å². The minimum absolute atomic E-state index is 1.00. The first kappa shape index (κ1) is 5.76. The molecule has 0 bridgehead atoms. The van der Waals surface area contributed by atoms with Gasteiger partial charge in [-0.2, -0.15) is 0 Å². The van der Waals surface area contributed by atoms with Crippen LogP contribution in [0, 0.1) is 17.8 Å². The third kappa shape index (κ3) is 1.47.